The zero-order valence-electron chi connectivity index (χ0n) is 12.8. The van der Waals surface area contributed by atoms with E-state index in [0.717, 1.165) is 20.8 Å². The summed E-state index contributed by atoms with van der Waals surface area (Å²) in [6.07, 6.45) is 0. The van der Waals surface area contributed by atoms with E-state index in [2.05, 4.69) is 11.6 Å². The Bertz CT molecular complexity index is 865. The van der Waals surface area contributed by atoms with Crippen LogP contribution in [0.1, 0.15) is 6.92 Å². The van der Waals surface area contributed by atoms with Crippen molar-refractivity contribution >= 4 is 27.5 Å². The smallest absolute Gasteiger partial charge is 0.338 e. The van der Waals surface area contributed by atoms with Gasteiger partial charge in [-0.1, -0.05) is 18.7 Å². The summed E-state index contributed by atoms with van der Waals surface area (Å²) in [5.41, 5.74) is 2.00. The van der Waals surface area contributed by atoms with Crippen molar-refractivity contribution in [2.45, 2.75) is 6.92 Å². The van der Waals surface area contributed by atoms with E-state index in [9.17, 15) is 4.79 Å². The molecule has 0 aliphatic rings. The molecule has 0 unspecified atom stereocenters. The molecule has 5 heteroatoms. The summed E-state index contributed by atoms with van der Waals surface area (Å²) >= 11 is 1.55. The third-order valence-electron chi connectivity index (χ3n) is 3.26. The van der Waals surface area contributed by atoms with Crippen LogP contribution in [0.3, 0.4) is 0 Å². The standard InChI is InChI=1S/C18H15NO3S/c1-11(2)18(20)22-15-10-12(21-3)8-9-13(15)17-19-14-6-4-5-7-16(14)23-17/h4-10H,1H2,2-3H3. The molecule has 0 atom stereocenters. The van der Waals surface area contributed by atoms with Crippen LogP contribution < -0.4 is 9.47 Å². The fraction of sp³-hybridized carbons (Fsp3) is 0.111. The van der Waals surface area contributed by atoms with Crippen molar-refractivity contribution in [2.24, 2.45) is 0 Å². The van der Waals surface area contributed by atoms with Crippen LogP contribution in [-0.2, 0) is 4.79 Å². The monoisotopic (exact) mass is 325 g/mol. The number of methoxy groups -OCH3 is 1. The predicted octanol–water partition coefficient (Wildman–Crippen LogP) is 4.45. The van der Waals surface area contributed by atoms with Crippen LogP contribution in [0.4, 0.5) is 0 Å². The van der Waals surface area contributed by atoms with Crippen molar-refractivity contribution in [3.8, 4) is 22.1 Å². The van der Waals surface area contributed by atoms with E-state index in [1.807, 2.05) is 36.4 Å². The minimum absolute atomic E-state index is 0.336. The van der Waals surface area contributed by atoms with E-state index < -0.39 is 5.97 Å². The molecule has 4 nitrogen and oxygen atoms in total. The highest BCUT2D eigenvalue weighted by Crippen LogP contribution is 2.38. The number of aromatic nitrogens is 1. The number of esters is 1. The van der Waals surface area contributed by atoms with Crippen LogP contribution in [-0.4, -0.2) is 18.1 Å². The van der Waals surface area contributed by atoms with Gasteiger partial charge >= 0.3 is 5.97 Å². The Balaban J connectivity index is 2.09. The quantitative estimate of drug-likeness (QED) is 0.404. The summed E-state index contributed by atoms with van der Waals surface area (Å²) in [5.74, 6) is 0.552. The first-order valence-electron chi connectivity index (χ1n) is 7.00. The number of thiazole rings is 1. The Morgan fingerprint density at radius 1 is 1.22 bits per heavy atom. The normalized spacial score (nSPS) is 10.5. The highest BCUT2D eigenvalue weighted by molar-refractivity contribution is 7.21. The molecule has 0 N–H and O–H groups in total. The third-order valence-corrected chi connectivity index (χ3v) is 4.33. The number of fused-ring (bicyclic) bond motifs is 1. The van der Waals surface area contributed by atoms with Crippen molar-refractivity contribution in [3.63, 3.8) is 0 Å². The number of hydrogen-bond donors (Lipinski definition) is 0. The summed E-state index contributed by atoms with van der Waals surface area (Å²) in [4.78, 5) is 16.5. The van der Waals surface area contributed by atoms with Gasteiger partial charge in [-0.15, -0.1) is 11.3 Å². The fourth-order valence-corrected chi connectivity index (χ4v) is 3.06. The zero-order chi connectivity index (χ0) is 16.4. The molecule has 0 saturated carbocycles. The maximum Gasteiger partial charge on any atom is 0.338 e. The minimum Gasteiger partial charge on any atom is -0.497 e. The van der Waals surface area contributed by atoms with Gasteiger partial charge in [-0.05, 0) is 31.2 Å². The largest absolute Gasteiger partial charge is 0.497 e. The topological polar surface area (TPSA) is 48.4 Å². The summed E-state index contributed by atoms with van der Waals surface area (Å²) in [6.45, 7) is 5.22. The lowest BCUT2D eigenvalue weighted by Gasteiger charge is -2.10. The fourth-order valence-electron chi connectivity index (χ4n) is 2.07. The molecule has 0 fully saturated rings. The number of hydrogen-bond acceptors (Lipinski definition) is 5. The molecule has 0 saturated heterocycles. The van der Waals surface area contributed by atoms with Gasteiger partial charge in [0.2, 0.25) is 0 Å². The molecule has 23 heavy (non-hydrogen) atoms. The lowest BCUT2D eigenvalue weighted by atomic mass is 10.2. The maximum absolute atomic E-state index is 11.9. The Labute approximate surface area is 138 Å². The number of rotatable bonds is 4. The molecule has 0 bridgehead atoms. The van der Waals surface area contributed by atoms with Crippen LogP contribution in [0.15, 0.2) is 54.6 Å². The van der Waals surface area contributed by atoms with E-state index in [-0.39, 0.29) is 0 Å². The Morgan fingerprint density at radius 3 is 2.70 bits per heavy atom. The predicted molar refractivity (Wildman–Crippen MR) is 92.1 cm³/mol. The van der Waals surface area contributed by atoms with Gasteiger partial charge in [0.15, 0.2) is 0 Å². The van der Waals surface area contributed by atoms with Crippen molar-refractivity contribution in [2.75, 3.05) is 7.11 Å². The minimum atomic E-state index is -0.472. The number of ether oxygens (including phenoxy) is 2. The van der Waals surface area contributed by atoms with Gasteiger partial charge in [-0.25, -0.2) is 9.78 Å². The van der Waals surface area contributed by atoms with Crippen molar-refractivity contribution < 1.29 is 14.3 Å². The molecule has 2 aromatic carbocycles. The summed E-state index contributed by atoms with van der Waals surface area (Å²) < 4.78 is 11.7. The molecule has 0 spiro atoms. The van der Waals surface area contributed by atoms with Crippen LogP contribution in [0.5, 0.6) is 11.5 Å². The highest BCUT2D eigenvalue weighted by atomic mass is 32.1. The maximum atomic E-state index is 11.9. The molecular formula is C18H15NO3S. The number of carbonyl (C=O) groups is 1. The average Bonchev–Trinajstić information content (AvgIpc) is 2.98. The number of carbonyl (C=O) groups excluding carboxylic acids is 1. The van der Waals surface area contributed by atoms with Gasteiger partial charge in [-0.2, -0.15) is 0 Å². The van der Waals surface area contributed by atoms with Crippen LogP contribution in [0.2, 0.25) is 0 Å². The van der Waals surface area contributed by atoms with E-state index in [1.54, 1.807) is 31.4 Å². The van der Waals surface area contributed by atoms with Crippen molar-refractivity contribution in [1.29, 1.82) is 0 Å². The Hall–Kier alpha value is -2.66. The summed E-state index contributed by atoms with van der Waals surface area (Å²) in [5, 5.41) is 0.790. The second-order valence-electron chi connectivity index (χ2n) is 5.02. The van der Waals surface area contributed by atoms with E-state index in [0.29, 0.717) is 17.1 Å². The van der Waals surface area contributed by atoms with Crippen molar-refractivity contribution in [3.05, 3.63) is 54.6 Å². The van der Waals surface area contributed by atoms with Gasteiger partial charge in [0.05, 0.1) is 22.9 Å². The van der Waals surface area contributed by atoms with Gasteiger partial charge in [0, 0.05) is 11.6 Å². The first-order chi connectivity index (χ1) is 11.1. The van der Waals surface area contributed by atoms with E-state index in [1.165, 1.54) is 0 Å². The van der Waals surface area contributed by atoms with Gasteiger partial charge in [0.25, 0.3) is 0 Å². The van der Waals surface area contributed by atoms with Crippen LogP contribution in [0, 0.1) is 0 Å². The zero-order valence-corrected chi connectivity index (χ0v) is 13.6. The number of nitrogens with zero attached hydrogens (tertiary/aromatic N) is 1. The molecule has 1 aromatic heterocycles. The average molecular weight is 325 g/mol. The first-order valence-corrected chi connectivity index (χ1v) is 7.82. The second-order valence-corrected chi connectivity index (χ2v) is 6.05. The first kappa shape index (κ1) is 15.2. The molecule has 3 rings (SSSR count). The lowest BCUT2D eigenvalue weighted by Crippen LogP contribution is -2.09. The molecule has 1 heterocycles. The molecule has 0 amide bonds. The molecule has 3 aromatic rings. The Kier molecular flexibility index (Phi) is 4.12. The Morgan fingerprint density at radius 2 is 2.00 bits per heavy atom. The second kappa shape index (κ2) is 6.22. The third kappa shape index (κ3) is 3.10. The molecular weight excluding hydrogens is 310 g/mol. The molecule has 116 valence electrons. The van der Waals surface area contributed by atoms with Gasteiger partial charge < -0.3 is 9.47 Å². The molecule has 0 aliphatic heterocycles. The van der Waals surface area contributed by atoms with Crippen molar-refractivity contribution in [1.82, 2.24) is 4.98 Å². The van der Waals surface area contributed by atoms with Crippen LogP contribution in [0.25, 0.3) is 20.8 Å². The summed E-state index contributed by atoms with van der Waals surface area (Å²) in [7, 11) is 1.57. The van der Waals surface area contributed by atoms with Gasteiger partial charge in [0.1, 0.15) is 16.5 Å². The molecule has 0 radical (unpaired) electrons. The lowest BCUT2D eigenvalue weighted by molar-refractivity contribution is -0.130. The SMILES string of the molecule is C=C(C)C(=O)Oc1cc(OC)ccc1-c1nc2ccccc2s1. The van der Waals surface area contributed by atoms with E-state index in [4.69, 9.17) is 9.47 Å². The summed E-state index contributed by atoms with van der Waals surface area (Å²) in [6, 6.07) is 13.2. The number of para-hydroxylation sites is 1. The van der Waals surface area contributed by atoms with Gasteiger partial charge in [-0.3, -0.25) is 0 Å². The highest BCUT2D eigenvalue weighted by Gasteiger charge is 2.16. The number of benzene rings is 2. The van der Waals surface area contributed by atoms with Crippen LogP contribution >= 0.6 is 11.3 Å². The van der Waals surface area contributed by atoms with E-state index >= 15 is 0 Å². The molecule has 0 aliphatic carbocycles.